The molecule has 172 valence electrons. The molecule has 0 aromatic carbocycles. The van der Waals surface area contributed by atoms with Crippen molar-refractivity contribution >= 4 is 23.3 Å². The fourth-order valence-electron chi connectivity index (χ4n) is 3.71. The molecule has 0 aliphatic carbocycles. The van der Waals surface area contributed by atoms with Crippen LogP contribution in [0.5, 0.6) is 0 Å². The largest absolute Gasteiger partial charge is 0.343 e. The summed E-state index contributed by atoms with van der Waals surface area (Å²) in [6, 6.07) is 3.42. The molecule has 1 unspecified atom stereocenters. The Morgan fingerprint density at radius 1 is 1.10 bits per heavy atom. The molecule has 0 radical (unpaired) electrons. The zero-order valence-electron chi connectivity index (χ0n) is 19.1. The molecule has 1 aromatic heterocycles. The summed E-state index contributed by atoms with van der Waals surface area (Å²) in [5.41, 5.74) is 0.605. The van der Waals surface area contributed by atoms with E-state index in [9.17, 15) is 14.4 Å². The number of nitrogens with one attached hydrogen (secondary N) is 2. The van der Waals surface area contributed by atoms with Gasteiger partial charge < -0.3 is 15.4 Å². The Hall–Kier alpha value is -2.32. The van der Waals surface area contributed by atoms with Gasteiger partial charge in [0.1, 0.15) is 11.8 Å². The topological polar surface area (TPSA) is 94.6 Å². The van der Waals surface area contributed by atoms with Gasteiger partial charge in [-0.05, 0) is 45.7 Å². The molecular weight excluding hydrogens is 394 g/mol. The van der Waals surface area contributed by atoms with Crippen molar-refractivity contribution in [1.29, 1.82) is 0 Å². The second kappa shape index (κ2) is 13.2. The van der Waals surface area contributed by atoms with Gasteiger partial charge in [0.15, 0.2) is 0 Å². The Balaban J connectivity index is 1.86. The van der Waals surface area contributed by atoms with Crippen LogP contribution >= 0.6 is 0 Å². The maximum absolute atomic E-state index is 12.8. The van der Waals surface area contributed by atoms with E-state index in [1.165, 1.54) is 0 Å². The molecule has 1 atom stereocenters. The van der Waals surface area contributed by atoms with Crippen LogP contribution in [0.2, 0.25) is 0 Å². The van der Waals surface area contributed by atoms with Crippen LogP contribution in [0, 0.1) is 0 Å². The lowest BCUT2D eigenvalue weighted by atomic mass is 10.1. The molecule has 2 amide bonds. The van der Waals surface area contributed by atoms with E-state index in [-0.39, 0.29) is 17.6 Å². The fourth-order valence-corrected chi connectivity index (χ4v) is 3.71. The highest BCUT2D eigenvalue weighted by atomic mass is 16.2. The summed E-state index contributed by atoms with van der Waals surface area (Å²) in [6.45, 7) is 9.86. The predicted octanol–water partition coefficient (Wildman–Crippen LogP) is 2.07. The van der Waals surface area contributed by atoms with Crippen molar-refractivity contribution in [2.75, 3.05) is 38.0 Å². The van der Waals surface area contributed by atoms with Gasteiger partial charge in [0, 0.05) is 44.8 Å². The van der Waals surface area contributed by atoms with Crippen LogP contribution in [0.1, 0.15) is 52.9 Å². The van der Waals surface area contributed by atoms with E-state index in [0.717, 1.165) is 45.4 Å². The van der Waals surface area contributed by atoms with E-state index in [4.69, 9.17) is 0 Å². The average Bonchev–Trinajstić information content (AvgIpc) is 2.73. The monoisotopic (exact) mass is 431 g/mol. The Labute approximate surface area is 185 Å². The molecule has 2 rings (SSSR count). The highest BCUT2D eigenvalue weighted by Gasteiger charge is 2.24. The summed E-state index contributed by atoms with van der Waals surface area (Å²) in [6.07, 6.45) is 6.74. The molecule has 0 bridgehead atoms. The molecule has 0 saturated carbocycles. The van der Waals surface area contributed by atoms with Gasteiger partial charge in [0.2, 0.25) is 11.8 Å². The molecule has 1 aliphatic rings. The summed E-state index contributed by atoms with van der Waals surface area (Å²) < 4.78 is 0. The fraction of sp³-hybridized carbons (Fsp3) is 0.652. The van der Waals surface area contributed by atoms with Gasteiger partial charge in [0.05, 0.1) is 18.4 Å². The number of nitrogens with zero attached hydrogens (tertiary/aromatic N) is 3. The zero-order valence-corrected chi connectivity index (χ0v) is 19.1. The van der Waals surface area contributed by atoms with E-state index < -0.39 is 6.04 Å². The van der Waals surface area contributed by atoms with Crippen molar-refractivity contribution in [2.45, 2.75) is 65.0 Å². The molecule has 1 aliphatic heterocycles. The first-order valence-corrected chi connectivity index (χ1v) is 11.3. The molecule has 0 spiro atoms. The number of hydrogen-bond donors (Lipinski definition) is 2. The van der Waals surface area contributed by atoms with E-state index in [2.05, 4.69) is 39.3 Å². The first-order valence-electron chi connectivity index (χ1n) is 11.3. The second-order valence-corrected chi connectivity index (χ2v) is 8.56. The number of aromatic nitrogens is 1. The van der Waals surface area contributed by atoms with Crippen molar-refractivity contribution in [3.8, 4) is 0 Å². The molecular formula is C23H37N5O3. The van der Waals surface area contributed by atoms with Crippen LogP contribution in [0.4, 0.5) is 5.69 Å². The van der Waals surface area contributed by atoms with Crippen molar-refractivity contribution in [2.24, 2.45) is 0 Å². The quantitative estimate of drug-likeness (QED) is 0.492. The van der Waals surface area contributed by atoms with Gasteiger partial charge in [-0.1, -0.05) is 12.8 Å². The first-order chi connectivity index (χ1) is 14.8. The number of ketones is 1. The number of unbranched alkanes of at least 4 members (excludes halogenated alkanes) is 2. The Kier molecular flexibility index (Phi) is 10.6. The number of pyridine rings is 1. The zero-order chi connectivity index (χ0) is 22.6. The summed E-state index contributed by atoms with van der Waals surface area (Å²) in [4.78, 5) is 45.1. The Bertz CT molecular complexity index is 702. The number of rotatable bonds is 12. The van der Waals surface area contributed by atoms with Gasteiger partial charge in [-0.3, -0.25) is 24.4 Å². The second-order valence-electron chi connectivity index (χ2n) is 8.56. The SMILES string of the molecule is CC(=O)CCCCCC(NC(=O)CN1CCN(C(C)C)CC1)C(=O)Nc1cccnc1. The number of carbonyl (C=O) groups is 3. The minimum absolute atomic E-state index is 0.131. The van der Waals surface area contributed by atoms with E-state index in [0.29, 0.717) is 31.1 Å². The minimum Gasteiger partial charge on any atom is -0.343 e. The van der Waals surface area contributed by atoms with Gasteiger partial charge in [-0.25, -0.2) is 0 Å². The third kappa shape index (κ3) is 9.57. The normalized spacial score (nSPS) is 16.1. The third-order valence-electron chi connectivity index (χ3n) is 5.61. The number of Topliss-reactive ketones (excluding diaryl/α,β-unsaturated/α-hetero) is 1. The summed E-state index contributed by atoms with van der Waals surface area (Å²) in [5, 5.41) is 5.76. The molecule has 1 saturated heterocycles. The van der Waals surface area contributed by atoms with Crippen molar-refractivity contribution < 1.29 is 14.4 Å². The van der Waals surface area contributed by atoms with Crippen LogP contribution in [0.3, 0.4) is 0 Å². The first kappa shape index (κ1) is 24.9. The van der Waals surface area contributed by atoms with Crippen LogP contribution < -0.4 is 10.6 Å². The predicted molar refractivity (Wildman–Crippen MR) is 122 cm³/mol. The number of hydrogen-bond acceptors (Lipinski definition) is 6. The Morgan fingerprint density at radius 2 is 1.84 bits per heavy atom. The van der Waals surface area contributed by atoms with Crippen LogP contribution in [-0.2, 0) is 14.4 Å². The van der Waals surface area contributed by atoms with E-state index in [1.807, 2.05) is 0 Å². The molecule has 31 heavy (non-hydrogen) atoms. The third-order valence-corrected chi connectivity index (χ3v) is 5.61. The molecule has 1 fully saturated rings. The number of anilines is 1. The average molecular weight is 432 g/mol. The van der Waals surface area contributed by atoms with E-state index in [1.54, 1.807) is 31.5 Å². The van der Waals surface area contributed by atoms with Gasteiger partial charge in [-0.15, -0.1) is 0 Å². The number of carbonyl (C=O) groups excluding carboxylic acids is 3. The number of amides is 2. The molecule has 1 aromatic rings. The maximum Gasteiger partial charge on any atom is 0.246 e. The van der Waals surface area contributed by atoms with Crippen molar-refractivity contribution in [1.82, 2.24) is 20.1 Å². The highest BCUT2D eigenvalue weighted by Crippen LogP contribution is 2.11. The summed E-state index contributed by atoms with van der Waals surface area (Å²) in [5.74, 6) is -0.192. The van der Waals surface area contributed by atoms with E-state index >= 15 is 0 Å². The Morgan fingerprint density at radius 3 is 2.45 bits per heavy atom. The molecule has 8 heteroatoms. The highest BCUT2D eigenvalue weighted by molar-refractivity contribution is 5.97. The lowest BCUT2D eigenvalue weighted by Crippen LogP contribution is -2.53. The van der Waals surface area contributed by atoms with Crippen LogP contribution in [0.15, 0.2) is 24.5 Å². The standard InChI is InChI=1S/C23H37N5O3/c1-18(2)28-14-12-27(13-15-28)17-22(30)26-21(10-6-4-5-8-19(3)29)23(31)25-20-9-7-11-24-16-20/h7,9,11,16,18,21H,4-6,8,10,12-15,17H2,1-3H3,(H,25,31)(H,26,30). The minimum atomic E-state index is -0.609. The van der Waals surface area contributed by atoms with Gasteiger partial charge in [-0.2, -0.15) is 0 Å². The van der Waals surface area contributed by atoms with Gasteiger partial charge in [0.25, 0.3) is 0 Å². The van der Waals surface area contributed by atoms with Crippen LogP contribution in [-0.4, -0.2) is 77.2 Å². The summed E-state index contributed by atoms with van der Waals surface area (Å²) in [7, 11) is 0. The molecule has 2 heterocycles. The van der Waals surface area contributed by atoms with Crippen molar-refractivity contribution in [3.63, 3.8) is 0 Å². The summed E-state index contributed by atoms with van der Waals surface area (Å²) >= 11 is 0. The molecule has 8 nitrogen and oxygen atoms in total. The number of piperazine rings is 1. The lowest BCUT2D eigenvalue weighted by molar-refractivity contribution is -0.127. The van der Waals surface area contributed by atoms with Gasteiger partial charge >= 0.3 is 0 Å². The van der Waals surface area contributed by atoms with Crippen LogP contribution in [0.25, 0.3) is 0 Å². The maximum atomic E-state index is 12.8. The van der Waals surface area contributed by atoms with Crippen molar-refractivity contribution in [3.05, 3.63) is 24.5 Å². The molecule has 2 N–H and O–H groups in total. The smallest absolute Gasteiger partial charge is 0.246 e. The lowest BCUT2D eigenvalue weighted by Gasteiger charge is -2.36.